The number of carbonyl (C=O) groups excluding carboxylic acids is 1. The van der Waals surface area contributed by atoms with E-state index in [1.54, 1.807) is 0 Å². The van der Waals surface area contributed by atoms with Crippen molar-refractivity contribution in [2.24, 2.45) is 5.92 Å². The van der Waals surface area contributed by atoms with Crippen LogP contribution >= 0.6 is 0 Å². The van der Waals surface area contributed by atoms with Gasteiger partial charge in [0, 0.05) is 55.8 Å². The Morgan fingerprint density at radius 1 is 1.09 bits per heavy atom. The second-order valence-corrected chi connectivity index (χ2v) is 10.8. The standard InChI is InChI=1S/C21H31N7O3S/c1-14-11-20(26-25-14)24-19-12-18(22-15(2)23-19)17-5-4-8-27(13-17)21(29)16-6-9-28(10-7-16)32(3,30)31/h11-12,16-17H,4-10,13H2,1-3H3,(H2,22,23,24,25,26)/t17-/m1/s1. The molecule has 2 N–H and O–H groups in total. The van der Waals surface area contributed by atoms with Crippen LogP contribution in [0.1, 0.15) is 48.8 Å². The van der Waals surface area contributed by atoms with Crippen molar-refractivity contribution in [1.82, 2.24) is 29.4 Å². The summed E-state index contributed by atoms with van der Waals surface area (Å²) in [4.78, 5) is 24.2. The average molecular weight is 462 g/mol. The lowest BCUT2D eigenvalue weighted by Gasteiger charge is -2.37. The highest BCUT2D eigenvalue weighted by Gasteiger charge is 2.34. The third kappa shape index (κ3) is 5.26. The summed E-state index contributed by atoms with van der Waals surface area (Å²) >= 11 is 0. The van der Waals surface area contributed by atoms with Crippen LogP contribution in [0.2, 0.25) is 0 Å². The molecule has 0 unspecified atom stereocenters. The van der Waals surface area contributed by atoms with Gasteiger partial charge < -0.3 is 10.2 Å². The summed E-state index contributed by atoms with van der Waals surface area (Å²) < 4.78 is 25.0. The predicted molar refractivity (Wildman–Crippen MR) is 121 cm³/mol. The van der Waals surface area contributed by atoms with E-state index in [2.05, 4.69) is 25.5 Å². The molecular weight excluding hydrogens is 430 g/mol. The Morgan fingerprint density at radius 2 is 1.84 bits per heavy atom. The molecule has 174 valence electrons. The van der Waals surface area contributed by atoms with Crippen LogP contribution in [0.25, 0.3) is 0 Å². The number of carbonyl (C=O) groups is 1. The summed E-state index contributed by atoms with van der Waals surface area (Å²) in [5.74, 6) is 2.24. The summed E-state index contributed by atoms with van der Waals surface area (Å²) in [6.07, 6.45) is 4.27. The van der Waals surface area contributed by atoms with Crippen LogP contribution in [0, 0.1) is 19.8 Å². The van der Waals surface area contributed by atoms with Gasteiger partial charge in [-0.3, -0.25) is 9.89 Å². The van der Waals surface area contributed by atoms with Gasteiger partial charge >= 0.3 is 0 Å². The number of amides is 1. The number of rotatable bonds is 5. The first kappa shape index (κ1) is 22.7. The smallest absolute Gasteiger partial charge is 0.225 e. The number of sulfonamides is 1. The molecule has 0 spiro atoms. The van der Waals surface area contributed by atoms with Gasteiger partial charge in [0.25, 0.3) is 0 Å². The molecule has 2 aromatic rings. The van der Waals surface area contributed by atoms with E-state index in [9.17, 15) is 13.2 Å². The second kappa shape index (κ2) is 9.14. The van der Waals surface area contributed by atoms with Crippen LogP contribution in [0.5, 0.6) is 0 Å². The molecule has 11 heteroatoms. The SMILES string of the molecule is Cc1nc(Nc2cc(C)[nH]n2)cc([C@@H]2CCCN(C(=O)C3CCN(S(C)(=O)=O)CC3)C2)n1. The molecule has 0 aromatic carbocycles. The number of aryl methyl sites for hydroxylation is 2. The molecule has 0 saturated carbocycles. The zero-order valence-electron chi connectivity index (χ0n) is 18.8. The first-order valence-corrected chi connectivity index (χ1v) is 12.9. The minimum Gasteiger partial charge on any atom is -0.342 e. The van der Waals surface area contributed by atoms with Crippen molar-refractivity contribution in [2.45, 2.75) is 45.4 Å². The number of hydrogen-bond acceptors (Lipinski definition) is 7. The van der Waals surface area contributed by atoms with E-state index in [0.29, 0.717) is 49.9 Å². The first-order chi connectivity index (χ1) is 15.2. The summed E-state index contributed by atoms with van der Waals surface area (Å²) in [5, 5.41) is 10.3. The van der Waals surface area contributed by atoms with Gasteiger partial charge in [-0.25, -0.2) is 22.7 Å². The Bertz CT molecular complexity index is 1080. The molecular formula is C21H31N7O3S. The molecule has 4 heterocycles. The number of piperidine rings is 2. The zero-order valence-corrected chi connectivity index (χ0v) is 19.7. The van der Waals surface area contributed by atoms with E-state index in [4.69, 9.17) is 0 Å². The summed E-state index contributed by atoms with van der Waals surface area (Å²) in [5.41, 5.74) is 1.89. The number of nitrogens with zero attached hydrogens (tertiary/aromatic N) is 5. The van der Waals surface area contributed by atoms with Gasteiger partial charge in [0.15, 0.2) is 5.82 Å². The number of hydrogen-bond donors (Lipinski definition) is 2. The minimum absolute atomic E-state index is 0.112. The summed E-state index contributed by atoms with van der Waals surface area (Å²) in [6.45, 7) is 6.00. The van der Waals surface area contributed by atoms with Crippen molar-refractivity contribution in [3.05, 3.63) is 29.3 Å². The normalized spacial score (nSPS) is 21.0. The fourth-order valence-electron chi connectivity index (χ4n) is 4.59. The highest BCUT2D eigenvalue weighted by atomic mass is 32.2. The molecule has 2 aromatic heterocycles. The molecule has 2 saturated heterocycles. The quantitative estimate of drug-likeness (QED) is 0.697. The second-order valence-electron chi connectivity index (χ2n) is 8.85. The van der Waals surface area contributed by atoms with E-state index in [1.165, 1.54) is 10.6 Å². The van der Waals surface area contributed by atoms with Crippen LogP contribution in [0.15, 0.2) is 12.1 Å². The van der Waals surface area contributed by atoms with Crippen molar-refractivity contribution in [2.75, 3.05) is 37.8 Å². The highest BCUT2D eigenvalue weighted by molar-refractivity contribution is 7.88. The van der Waals surface area contributed by atoms with Crippen LogP contribution in [-0.2, 0) is 14.8 Å². The average Bonchev–Trinajstić information content (AvgIpc) is 3.17. The molecule has 0 aliphatic carbocycles. The van der Waals surface area contributed by atoms with Crippen molar-refractivity contribution in [3.63, 3.8) is 0 Å². The maximum absolute atomic E-state index is 13.2. The molecule has 1 atom stereocenters. The number of anilines is 2. The van der Waals surface area contributed by atoms with E-state index in [0.717, 1.165) is 30.8 Å². The van der Waals surface area contributed by atoms with Crippen molar-refractivity contribution >= 4 is 27.6 Å². The van der Waals surface area contributed by atoms with Crippen LogP contribution in [-0.4, -0.2) is 76.1 Å². The Hall–Kier alpha value is -2.53. The van der Waals surface area contributed by atoms with Crippen molar-refractivity contribution in [3.8, 4) is 0 Å². The Balaban J connectivity index is 1.42. The van der Waals surface area contributed by atoms with Crippen LogP contribution in [0.3, 0.4) is 0 Å². The van der Waals surface area contributed by atoms with Crippen molar-refractivity contribution in [1.29, 1.82) is 0 Å². The number of nitrogens with one attached hydrogen (secondary N) is 2. The third-order valence-corrected chi connectivity index (χ3v) is 7.55. The fraction of sp³-hybridized carbons (Fsp3) is 0.619. The maximum atomic E-state index is 13.2. The van der Waals surface area contributed by atoms with Gasteiger partial charge in [-0.2, -0.15) is 5.10 Å². The number of likely N-dealkylation sites (tertiary alicyclic amines) is 1. The topological polar surface area (TPSA) is 124 Å². The lowest BCUT2D eigenvalue weighted by atomic mass is 9.91. The molecule has 32 heavy (non-hydrogen) atoms. The predicted octanol–water partition coefficient (Wildman–Crippen LogP) is 1.94. The van der Waals surface area contributed by atoms with Crippen molar-refractivity contribution < 1.29 is 13.2 Å². The Kier molecular flexibility index (Phi) is 6.47. The highest BCUT2D eigenvalue weighted by Crippen LogP contribution is 2.30. The number of aromatic nitrogens is 4. The first-order valence-electron chi connectivity index (χ1n) is 11.1. The Morgan fingerprint density at radius 3 is 2.50 bits per heavy atom. The molecule has 2 aliphatic heterocycles. The zero-order chi connectivity index (χ0) is 22.9. The van der Waals surface area contributed by atoms with Crippen LogP contribution in [0.4, 0.5) is 11.6 Å². The third-order valence-electron chi connectivity index (χ3n) is 6.24. The number of aromatic amines is 1. The lowest BCUT2D eigenvalue weighted by Crippen LogP contribution is -2.46. The van der Waals surface area contributed by atoms with Gasteiger partial charge in [0.05, 0.1) is 11.9 Å². The van der Waals surface area contributed by atoms with Gasteiger partial charge in [-0.15, -0.1) is 0 Å². The number of H-pyrrole nitrogens is 1. The molecule has 4 rings (SSSR count). The lowest BCUT2D eigenvalue weighted by molar-refractivity contribution is -0.138. The van der Waals surface area contributed by atoms with Gasteiger partial charge in [-0.1, -0.05) is 0 Å². The van der Waals surface area contributed by atoms with Gasteiger partial charge in [0.1, 0.15) is 11.6 Å². The molecule has 0 bridgehead atoms. The van der Waals surface area contributed by atoms with E-state index in [-0.39, 0.29) is 17.7 Å². The van der Waals surface area contributed by atoms with Gasteiger partial charge in [0.2, 0.25) is 15.9 Å². The Labute approximate surface area is 188 Å². The minimum atomic E-state index is -3.19. The monoisotopic (exact) mass is 461 g/mol. The summed E-state index contributed by atoms with van der Waals surface area (Å²) in [6, 6.07) is 3.85. The van der Waals surface area contributed by atoms with Gasteiger partial charge in [-0.05, 0) is 39.5 Å². The maximum Gasteiger partial charge on any atom is 0.225 e. The fourth-order valence-corrected chi connectivity index (χ4v) is 5.46. The van der Waals surface area contributed by atoms with Crippen LogP contribution < -0.4 is 5.32 Å². The molecule has 1 amide bonds. The molecule has 2 fully saturated rings. The van der Waals surface area contributed by atoms with E-state index < -0.39 is 10.0 Å². The molecule has 0 radical (unpaired) electrons. The molecule has 2 aliphatic rings. The largest absolute Gasteiger partial charge is 0.342 e. The van der Waals surface area contributed by atoms with E-state index >= 15 is 0 Å². The summed E-state index contributed by atoms with van der Waals surface area (Å²) in [7, 11) is -3.19. The molecule has 10 nitrogen and oxygen atoms in total. The van der Waals surface area contributed by atoms with E-state index in [1.807, 2.05) is 30.9 Å².